The van der Waals surface area contributed by atoms with Gasteiger partial charge >= 0.3 is 0 Å². The lowest BCUT2D eigenvalue weighted by Gasteiger charge is -2.35. The fourth-order valence-electron chi connectivity index (χ4n) is 3.21. The van der Waals surface area contributed by atoms with E-state index in [0.717, 1.165) is 11.9 Å². The number of nitrogens with one attached hydrogen (secondary N) is 2. The van der Waals surface area contributed by atoms with Crippen molar-refractivity contribution in [3.63, 3.8) is 0 Å². The Morgan fingerprint density at radius 3 is 2.43 bits per heavy atom. The molecule has 0 aromatic heterocycles. The predicted molar refractivity (Wildman–Crippen MR) is 102 cm³/mol. The summed E-state index contributed by atoms with van der Waals surface area (Å²) in [4.78, 5) is 6.95. The van der Waals surface area contributed by atoms with E-state index in [1.165, 1.54) is 45.2 Å². The summed E-state index contributed by atoms with van der Waals surface area (Å²) in [6, 6.07) is 1.92. The van der Waals surface area contributed by atoms with Crippen LogP contribution < -0.4 is 10.6 Å². The van der Waals surface area contributed by atoms with E-state index in [4.69, 9.17) is 0 Å². The molecule has 0 spiro atoms. The lowest BCUT2D eigenvalue weighted by Crippen LogP contribution is -2.50. The molecule has 2 aliphatic rings. The monoisotopic (exact) mass is 408 g/mol. The first kappa shape index (κ1) is 19.0. The van der Waals surface area contributed by atoms with Gasteiger partial charge in [0.2, 0.25) is 0 Å². The van der Waals surface area contributed by atoms with Crippen LogP contribution in [-0.2, 0) is 0 Å². The largest absolute Gasteiger partial charge is 0.354 e. The van der Waals surface area contributed by atoms with Gasteiger partial charge in [-0.2, -0.15) is 0 Å². The van der Waals surface area contributed by atoms with E-state index in [0.29, 0.717) is 18.1 Å². The van der Waals surface area contributed by atoms with Gasteiger partial charge in [-0.3, -0.25) is 4.99 Å². The molecule has 4 nitrogen and oxygen atoms in total. The molecule has 2 atom stereocenters. The van der Waals surface area contributed by atoms with Crippen LogP contribution in [0, 0.1) is 5.92 Å². The smallest absolute Gasteiger partial charge is 0.191 e. The van der Waals surface area contributed by atoms with Gasteiger partial charge in [-0.25, -0.2) is 0 Å². The summed E-state index contributed by atoms with van der Waals surface area (Å²) in [6.07, 6.45) is 6.41. The maximum absolute atomic E-state index is 4.39. The van der Waals surface area contributed by atoms with Gasteiger partial charge in [0.15, 0.2) is 5.96 Å². The predicted octanol–water partition coefficient (Wildman–Crippen LogP) is 2.83. The third kappa shape index (κ3) is 5.93. The van der Waals surface area contributed by atoms with E-state index < -0.39 is 0 Å². The SMILES string of the molecule is CCCC1CC1NC(=NC)NC1CCN(C(C)C)CC1.I. The summed E-state index contributed by atoms with van der Waals surface area (Å²) < 4.78 is 0. The quantitative estimate of drug-likeness (QED) is 0.418. The van der Waals surface area contributed by atoms with E-state index in [2.05, 4.69) is 41.3 Å². The van der Waals surface area contributed by atoms with Crippen molar-refractivity contribution in [3.8, 4) is 0 Å². The minimum Gasteiger partial charge on any atom is -0.354 e. The molecule has 0 aromatic rings. The second kappa shape index (κ2) is 9.18. The van der Waals surface area contributed by atoms with Crippen molar-refractivity contribution >= 4 is 29.9 Å². The van der Waals surface area contributed by atoms with Gasteiger partial charge in [0.25, 0.3) is 0 Å². The zero-order chi connectivity index (χ0) is 14.5. The van der Waals surface area contributed by atoms with Gasteiger partial charge < -0.3 is 15.5 Å². The first-order valence-corrected chi connectivity index (χ1v) is 8.38. The summed E-state index contributed by atoms with van der Waals surface area (Å²) >= 11 is 0. The number of rotatable bonds is 5. The molecule has 0 radical (unpaired) electrons. The van der Waals surface area contributed by atoms with E-state index in [1.54, 1.807) is 0 Å². The average Bonchev–Trinajstić information content (AvgIpc) is 3.17. The minimum absolute atomic E-state index is 0. The molecular weight excluding hydrogens is 375 g/mol. The molecule has 2 unspecified atom stereocenters. The minimum atomic E-state index is 0. The molecule has 1 saturated carbocycles. The van der Waals surface area contributed by atoms with Crippen molar-refractivity contribution < 1.29 is 0 Å². The van der Waals surface area contributed by atoms with Crippen LogP contribution in [0.25, 0.3) is 0 Å². The Bertz CT molecular complexity index is 324. The Balaban J connectivity index is 0.00000220. The molecule has 1 aliphatic heterocycles. The van der Waals surface area contributed by atoms with E-state index in [1.807, 2.05) is 7.05 Å². The number of nitrogens with zero attached hydrogens (tertiary/aromatic N) is 2. The van der Waals surface area contributed by atoms with Gasteiger partial charge in [0, 0.05) is 38.3 Å². The third-order valence-corrected chi connectivity index (χ3v) is 4.73. The molecule has 2 N–H and O–H groups in total. The van der Waals surface area contributed by atoms with Crippen LogP contribution in [0.4, 0.5) is 0 Å². The Hall–Kier alpha value is -0.0400. The van der Waals surface area contributed by atoms with E-state index in [9.17, 15) is 0 Å². The summed E-state index contributed by atoms with van der Waals surface area (Å²) in [5.41, 5.74) is 0. The summed E-state index contributed by atoms with van der Waals surface area (Å²) in [5, 5.41) is 7.19. The van der Waals surface area contributed by atoms with Crippen LogP contribution in [-0.4, -0.2) is 49.1 Å². The Kier molecular flexibility index (Phi) is 8.31. The number of aliphatic imine (C=N–C) groups is 1. The van der Waals surface area contributed by atoms with Crippen LogP contribution >= 0.6 is 24.0 Å². The normalized spacial score (nSPS) is 27.4. The molecule has 1 aliphatic carbocycles. The maximum Gasteiger partial charge on any atom is 0.191 e. The van der Waals surface area contributed by atoms with Crippen LogP contribution in [0.2, 0.25) is 0 Å². The van der Waals surface area contributed by atoms with Gasteiger partial charge in [-0.05, 0) is 45.4 Å². The summed E-state index contributed by atoms with van der Waals surface area (Å²) in [7, 11) is 1.88. The number of likely N-dealkylation sites (tertiary alicyclic amines) is 1. The van der Waals surface area contributed by atoms with Crippen LogP contribution in [0.5, 0.6) is 0 Å². The Labute approximate surface area is 147 Å². The second-order valence-corrected chi connectivity index (χ2v) is 6.66. The standard InChI is InChI=1S/C16H32N4.HI/c1-5-6-13-11-15(13)19-16(17-4)18-14-7-9-20(10-8-14)12(2)3;/h12-15H,5-11H2,1-4H3,(H2,17,18,19);1H. The van der Waals surface area contributed by atoms with Crippen LogP contribution in [0.1, 0.15) is 52.9 Å². The van der Waals surface area contributed by atoms with E-state index in [-0.39, 0.29) is 24.0 Å². The van der Waals surface area contributed by atoms with Crippen molar-refractivity contribution in [1.82, 2.24) is 15.5 Å². The lowest BCUT2D eigenvalue weighted by molar-refractivity contribution is 0.167. The molecule has 0 bridgehead atoms. The molecule has 5 heteroatoms. The molecule has 0 aromatic carbocycles. The van der Waals surface area contributed by atoms with Gasteiger partial charge in [0.05, 0.1) is 0 Å². The van der Waals surface area contributed by atoms with Gasteiger partial charge in [-0.1, -0.05) is 13.3 Å². The third-order valence-electron chi connectivity index (χ3n) is 4.73. The molecule has 124 valence electrons. The van der Waals surface area contributed by atoms with Gasteiger partial charge in [-0.15, -0.1) is 24.0 Å². The molecular formula is C16H33IN4. The zero-order valence-corrected chi connectivity index (χ0v) is 16.4. The second-order valence-electron chi connectivity index (χ2n) is 6.66. The highest BCUT2D eigenvalue weighted by Gasteiger charge is 2.36. The maximum atomic E-state index is 4.39. The Morgan fingerprint density at radius 2 is 1.90 bits per heavy atom. The van der Waals surface area contributed by atoms with Crippen molar-refractivity contribution in [1.29, 1.82) is 0 Å². The van der Waals surface area contributed by atoms with Crippen molar-refractivity contribution in [2.24, 2.45) is 10.9 Å². The van der Waals surface area contributed by atoms with Crippen LogP contribution in [0.15, 0.2) is 4.99 Å². The van der Waals surface area contributed by atoms with E-state index >= 15 is 0 Å². The lowest BCUT2D eigenvalue weighted by atomic mass is 10.0. The number of piperidine rings is 1. The highest BCUT2D eigenvalue weighted by atomic mass is 127. The highest BCUT2D eigenvalue weighted by Crippen LogP contribution is 2.34. The molecule has 1 heterocycles. The van der Waals surface area contributed by atoms with Crippen molar-refractivity contribution in [2.75, 3.05) is 20.1 Å². The fraction of sp³-hybridized carbons (Fsp3) is 0.938. The van der Waals surface area contributed by atoms with Gasteiger partial charge in [0.1, 0.15) is 0 Å². The molecule has 2 fully saturated rings. The van der Waals surface area contributed by atoms with Crippen molar-refractivity contribution in [2.45, 2.75) is 71.0 Å². The number of hydrogen-bond donors (Lipinski definition) is 2. The van der Waals surface area contributed by atoms with Crippen molar-refractivity contribution in [3.05, 3.63) is 0 Å². The first-order valence-electron chi connectivity index (χ1n) is 8.38. The first-order chi connectivity index (χ1) is 9.63. The molecule has 2 rings (SSSR count). The Morgan fingerprint density at radius 1 is 1.24 bits per heavy atom. The molecule has 0 amide bonds. The summed E-state index contributed by atoms with van der Waals surface area (Å²) in [6.45, 7) is 9.25. The fourth-order valence-corrected chi connectivity index (χ4v) is 3.21. The molecule has 21 heavy (non-hydrogen) atoms. The highest BCUT2D eigenvalue weighted by molar-refractivity contribution is 14.0. The average molecular weight is 408 g/mol. The summed E-state index contributed by atoms with van der Waals surface area (Å²) in [5.74, 6) is 1.89. The van der Waals surface area contributed by atoms with Crippen LogP contribution in [0.3, 0.4) is 0 Å². The zero-order valence-electron chi connectivity index (χ0n) is 14.1. The number of guanidine groups is 1. The topological polar surface area (TPSA) is 39.7 Å². The molecule has 1 saturated heterocycles. The number of halogens is 1. The number of hydrogen-bond acceptors (Lipinski definition) is 2.